The quantitative estimate of drug-likeness (QED) is 0.726. The molecule has 78 valence electrons. The zero-order valence-electron chi connectivity index (χ0n) is 8.92. The number of nitrogens with zero attached hydrogens (tertiary/aromatic N) is 2. The van der Waals surface area contributed by atoms with Gasteiger partial charge in [-0.3, -0.25) is 5.32 Å². The molecule has 0 aromatic rings. The molecule has 2 fully saturated rings. The zero-order chi connectivity index (χ0) is 10.0. The fourth-order valence-electron chi connectivity index (χ4n) is 2.21. The van der Waals surface area contributed by atoms with Crippen molar-refractivity contribution in [3.05, 3.63) is 0 Å². The molecule has 0 amide bonds. The van der Waals surface area contributed by atoms with Crippen molar-refractivity contribution < 1.29 is 0 Å². The molecule has 0 radical (unpaired) electrons. The third-order valence-electron chi connectivity index (χ3n) is 3.32. The Balaban J connectivity index is 1.89. The summed E-state index contributed by atoms with van der Waals surface area (Å²) in [5.41, 5.74) is -0.254. The molecule has 14 heavy (non-hydrogen) atoms. The lowest BCUT2D eigenvalue weighted by atomic mass is 9.90. The maximum absolute atomic E-state index is 9.25. The molecule has 2 aliphatic rings. The van der Waals surface area contributed by atoms with Crippen molar-refractivity contribution in [2.75, 3.05) is 26.7 Å². The minimum atomic E-state index is -0.254. The Hall–Kier alpha value is -0.590. The van der Waals surface area contributed by atoms with Gasteiger partial charge in [-0.2, -0.15) is 5.26 Å². The first kappa shape index (κ1) is 9.95. The van der Waals surface area contributed by atoms with Gasteiger partial charge in [-0.15, -0.1) is 0 Å². The Kier molecular flexibility index (Phi) is 2.76. The van der Waals surface area contributed by atoms with Crippen LogP contribution in [0, 0.1) is 17.2 Å². The molecule has 1 saturated heterocycles. The van der Waals surface area contributed by atoms with Crippen LogP contribution in [0.4, 0.5) is 0 Å². The topological polar surface area (TPSA) is 39.1 Å². The van der Waals surface area contributed by atoms with Gasteiger partial charge in [0.05, 0.1) is 6.07 Å². The highest BCUT2D eigenvalue weighted by atomic mass is 15.2. The standard InChI is InChI=1S/C11H19N3/c1-14-6-2-5-11(8-12,9-14)13-7-10-3-4-10/h10,13H,2-7,9H2,1H3. The molecule has 0 bridgehead atoms. The van der Waals surface area contributed by atoms with Crippen LogP contribution in [0.5, 0.6) is 0 Å². The van der Waals surface area contributed by atoms with Gasteiger partial charge < -0.3 is 4.90 Å². The number of nitrogens with one attached hydrogen (secondary N) is 1. The molecule has 1 aliphatic carbocycles. The van der Waals surface area contributed by atoms with Crippen LogP contribution in [-0.4, -0.2) is 37.1 Å². The van der Waals surface area contributed by atoms with Crippen LogP contribution in [0.25, 0.3) is 0 Å². The van der Waals surface area contributed by atoms with Gasteiger partial charge in [0.15, 0.2) is 0 Å². The van der Waals surface area contributed by atoms with E-state index in [0.717, 1.165) is 38.4 Å². The van der Waals surface area contributed by atoms with Crippen molar-refractivity contribution in [1.29, 1.82) is 5.26 Å². The summed E-state index contributed by atoms with van der Waals surface area (Å²) in [5.74, 6) is 0.854. The summed E-state index contributed by atoms with van der Waals surface area (Å²) in [6, 6.07) is 2.48. The average Bonchev–Trinajstić information content (AvgIpc) is 2.98. The van der Waals surface area contributed by atoms with Gasteiger partial charge in [-0.25, -0.2) is 0 Å². The zero-order valence-corrected chi connectivity index (χ0v) is 8.92. The molecular weight excluding hydrogens is 174 g/mol. The summed E-state index contributed by atoms with van der Waals surface area (Å²) in [5, 5.41) is 12.7. The second-order valence-corrected chi connectivity index (χ2v) is 4.86. The number of nitriles is 1. The SMILES string of the molecule is CN1CCCC(C#N)(NCC2CC2)C1. The van der Waals surface area contributed by atoms with E-state index in [2.05, 4.69) is 23.3 Å². The molecule has 0 spiro atoms. The van der Waals surface area contributed by atoms with Crippen molar-refractivity contribution >= 4 is 0 Å². The second kappa shape index (κ2) is 3.88. The highest BCUT2D eigenvalue weighted by Crippen LogP contribution is 2.29. The lowest BCUT2D eigenvalue weighted by Gasteiger charge is -2.37. The molecule has 0 aromatic heterocycles. The summed E-state index contributed by atoms with van der Waals surface area (Å²) in [7, 11) is 2.10. The van der Waals surface area contributed by atoms with E-state index in [9.17, 15) is 5.26 Å². The lowest BCUT2D eigenvalue weighted by molar-refractivity contribution is 0.183. The molecule has 1 N–H and O–H groups in total. The van der Waals surface area contributed by atoms with E-state index >= 15 is 0 Å². The van der Waals surface area contributed by atoms with E-state index in [1.807, 2.05) is 0 Å². The van der Waals surface area contributed by atoms with Gasteiger partial charge in [0.1, 0.15) is 5.54 Å². The largest absolute Gasteiger partial charge is 0.303 e. The van der Waals surface area contributed by atoms with Gasteiger partial charge in [0.25, 0.3) is 0 Å². The molecule has 1 heterocycles. The van der Waals surface area contributed by atoms with Crippen LogP contribution in [0.2, 0.25) is 0 Å². The molecule has 0 aromatic carbocycles. The monoisotopic (exact) mass is 193 g/mol. The molecule has 1 saturated carbocycles. The van der Waals surface area contributed by atoms with Gasteiger partial charge in [0.2, 0.25) is 0 Å². The highest BCUT2D eigenvalue weighted by Gasteiger charge is 2.35. The smallest absolute Gasteiger partial charge is 0.119 e. The maximum Gasteiger partial charge on any atom is 0.119 e. The number of piperidine rings is 1. The highest BCUT2D eigenvalue weighted by molar-refractivity contribution is 5.11. The minimum absolute atomic E-state index is 0.254. The molecule has 3 nitrogen and oxygen atoms in total. The summed E-state index contributed by atoms with van der Waals surface area (Å²) in [6.07, 6.45) is 4.86. The Morgan fingerprint density at radius 1 is 1.57 bits per heavy atom. The Bertz CT molecular complexity index is 241. The first-order valence-electron chi connectivity index (χ1n) is 5.59. The second-order valence-electron chi connectivity index (χ2n) is 4.86. The number of rotatable bonds is 3. The fraction of sp³-hybridized carbons (Fsp3) is 0.909. The van der Waals surface area contributed by atoms with Gasteiger partial charge in [-0.05, 0) is 51.7 Å². The van der Waals surface area contributed by atoms with Crippen LogP contribution in [0.1, 0.15) is 25.7 Å². The van der Waals surface area contributed by atoms with E-state index in [1.54, 1.807) is 0 Å². The summed E-state index contributed by atoms with van der Waals surface area (Å²) in [4.78, 5) is 2.26. The van der Waals surface area contributed by atoms with E-state index in [-0.39, 0.29) is 5.54 Å². The van der Waals surface area contributed by atoms with Crippen molar-refractivity contribution in [1.82, 2.24) is 10.2 Å². The Morgan fingerprint density at radius 3 is 2.93 bits per heavy atom. The van der Waals surface area contributed by atoms with Crippen LogP contribution in [0.3, 0.4) is 0 Å². The van der Waals surface area contributed by atoms with Gasteiger partial charge >= 0.3 is 0 Å². The van der Waals surface area contributed by atoms with Crippen LogP contribution >= 0.6 is 0 Å². The summed E-state index contributed by atoms with van der Waals surface area (Å²) in [6.45, 7) is 3.06. The number of hydrogen-bond acceptors (Lipinski definition) is 3. The maximum atomic E-state index is 9.25. The average molecular weight is 193 g/mol. The van der Waals surface area contributed by atoms with Gasteiger partial charge in [-0.1, -0.05) is 0 Å². The van der Waals surface area contributed by atoms with Gasteiger partial charge in [0, 0.05) is 6.54 Å². The van der Waals surface area contributed by atoms with E-state index in [0.29, 0.717) is 0 Å². The van der Waals surface area contributed by atoms with Crippen LogP contribution < -0.4 is 5.32 Å². The van der Waals surface area contributed by atoms with E-state index in [1.165, 1.54) is 12.8 Å². The van der Waals surface area contributed by atoms with Crippen molar-refractivity contribution in [2.24, 2.45) is 5.92 Å². The Labute approximate surface area is 86.1 Å². The van der Waals surface area contributed by atoms with Crippen molar-refractivity contribution in [3.63, 3.8) is 0 Å². The minimum Gasteiger partial charge on any atom is -0.303 e. The molecule has 1 aliphatic heterocycles. The molecule has 3 heteroatoms. The normalized spacial score (nSPS) is 34.0. The fourth-order valence-corrected chi connectivity index (χ4v) is 2.21. The lowest BCUT2D eigenvalue weighted by Crippen LogP contribution is -2.55. The summed E-state index contributed by atoms with van der Waals surface area (Å²) < 4.78 is 0. The number of likely N-dealkylation sites (N-methyl/N-ethyl adjacent to an activating group) is 1. The van der Waals surface area contributed by atoms with Crippen LogP contribution in [0.15, 0.2) is 0 Å². The molecule has 2 rings (SSSR count). The third kappa shape index (κ3) is 2.26. The van der Waals surface area contributed by atoms with E-state index < -0.39 is 0 Å². The predicted octanol–water partition coefficient (Wildman–Crippen LogP) is 0.974. The number of likely N-dealkylation sites (tertiary alicyclic amines) is 1. The summed E-state index contributed by atoms with van der Waals surface area (Å²) >= 11 is 0. The molecule has 1 atom stereocenters. The predicted molar refractivity (Wildman–Crippen MR) is 55.8 cm³/mol. The number of hydrogen-bond donors (Lipinski definition) is 1. The third-order valence-corrected chi connectivity index (χ3v) is 3.32. The Morgan fingerprint density at radius 2 is 2.36 bits per heavy atom. The molecular formula is C11H19N3. The van der Waals surface area contributed by atoms with Crippen molar-refractivity contribution in [2.45, 2.75) is 31.2 Å². The first-order valence-corrected chi connectivity index (χ1v) is 5.59. The molecule has 1 unspecified atom stereocenters. The van der Waals surface area contributed by atoms with Crippen molar-refractivity contribution in [3.8, 4) is 6.07 Å². The first-order chi connectivity index (χ1) is 6.74. The van der Waals surface area contributed by atoms with E-state index in [4.69, 9.17) is 0 Å². The van der Waals surface area contributed by atoms with Crippen LogP contribution in [-0.2, 0) is 0 Å².